The number of halogens is 1. The van der Waals surface area contributed by atoms with Gasteiger partial charge in [-0.1, -0.05) is 11.6 Å². The van der Waals surface area contributed by atoms with Crippen LogP contribution in [0.4, 0.5) is 0 Å². The molecule has 0 N–H and O–H groups in total. The predicted molar refractivity (Wildman–Crippen MR) is 70.4 cm³/mol. The minimum atomic E-state index is 0.702. The normalized spacial score (nSPS) is 16.1. The highest BCUT2D eigenvalue weighted by molar-refractivity contribution is 7.10. The van der Waals surface area contributed by atoms with Crippen LogP contribution in [0.2, 0.25) is 5.15 Å². The second-order valence-electron chi connectivity index (χ2n) is 4.39. The zero-order valence-corrected chi connectivity index (χ0v) is 11.3. The average molecular weight is 268 g/mol. The maximum absolute atomic E-state index is 5.99. The minimum absolute atomic E-state index is 0.702. The summed E-state index contributed by atoms with van der Waals surface area (Å²) >= 11 is 7.87. The van der Waals surface area contributed by atoms with Gasteiger partial charge >= 0.3 is 0 Å². The number of nitrogens with zero attached hydrogens (tertiary/aromatic N) is 3. The molecule has 0 saturated carbocycles. The lowest BCUT2D eigenvalue weighted by atomic mass is 10.1. The van der Waals surface area contributed by atoms with Gasteiger partial charge in [0.05, 0.1) is 12.7 Å². The van der Waals surface area contributed by atoms with Crippen LogP contribution >= 0.6 is 22.9 Å². The third-order valence-corrected chi connectivity index (χ3v) is 4.65. The molecule has 3 nitrogen and oxygen atoms in total. The Hall–Kier alpha value is -0.840. The molecule has 0 fully saturated rings. The molecule has 3 rings (SSSR count). The maximum atomic E-state index is 5.99. The van der Waals surface area contributed by atoms with Gasteiger partial charge in [-0.3, -0.25) is 4.90 Å². The molecule has 1 aliphatic heterocycles. The third kappa shape index (κ3) is 2.12. The van der Waals surface area contributed by atoms with Crippen molar-refractivity contribution >= 4 is 22.9 Å². The van der Waals surface area contributed by atoms with Gasteiger partial charge in [-0.15, -0.1) is 11.3 Å². The zero-order valence-electron chi connectivity index (χ0n) is 9.69. The first-order chi connectivity index (χ1) is 8.24. The molecule has 0 aliphatic carbocycles. The summed E-state index contributed by atoms with van der Waals surface area (Å²) in [6, 6.07) is 2.23. The Bertz CT molecular complexity index is 532. The SMILES string of the molecule is Cn1c(Cl)cnc1CN1CCc2sccc2C1. The van der Waals surface area contributed by atoms with E-state index in [-0.39, 0.29) is 0 Å². The molecule has 0 bridgehead atoms. The summed E-state index contributed by atoms with van der Waals surface area (Å²) in [6.07, 6.45) is 2.88. The molecule has 0 saturated heterocycles. The van der Waals surface area contributed by atoms with Crippen LogP contribution in [-0.4, -0.2) is 21.0 Å². The summed E-state index contributed by atoms with van der Waals surface area (Å²) in [5.41, 5.74) is 1.47. The van der Waals surface area contributed by atoms with E-state index in [4.69, 9.17) is 11.6 Å². The van der Waals surface area contributed by atoms with Gasteiger partial charge in [-0.25, -0.2) is 4.98 Å². The van der Waals surface area contributed by atoms with Crippen LogP contribution in [0.15, 0.2) is 17.6 Å². The van der Waals surface area contributed by atoms with E-state index in [1.807, 2.05) is 23.0 Å². The summed E-state index contributed by atoms with van der Waals surface area (Å²) in [5, 5.41) is 2.89. The highest BCUT2D eigenvalue weighted by Gasteiger charge is 2.18. The topological polar surface area (TPSA) is 21.1 Å². The quantitative estimate of drug-likeness (QED) is 0.834. The Morgan fingerprint density at radius 2 is 2.41 bits per heavy atom. The summed E-state index contributed by atoms with van der Waals surface area (Å²) < 4.78 is 1.95. The number of aromatic nitrogens is 2. The second-order valence-corrected chi connectivity index (χ2v) is 5.77. The third-order valence-electron chi connectivity index (χ3n) is 3.28. The van der Waals surface area contributed by atoms with Crippen molar-refractivity contribution in [2.75, 3.05) is 6.54 Å². The fourth-order valence-electron chi connectivity index (χ4n) is 2.21. The van der Waals surface area contributed by atoms with Crippen molar-refractivity contribution < 1.29 is 0 Å². The first kappa shape index (κ1) is 11.3. The number of thiophene rings is 1. The van der Waals surface area contributed by atoms with Gasteiger partial charge in [0.1, 0.15) is 11.0 Å². The predicted octanol–water partition coefficient (Wildman–Crippen LogP) is 2.69. The highest BCUT2D eigenvalue weighted by Crippen LogP contribution is 2.25. The molecule has 0 aromatic carbocycles. The van der Waals surface area contributed by atoms with Gasteiger partial charge in [0.2, 0.25) is 0 Å². The van der Waals surface area contributed by atoms with Crippen molar-refractivity contribution in [1.82, 2.24) is 14.5 Å². The summed E-state index contributed by atoms with van der Waals surface area (Å²) in [5.74, 6) is 1.04. The lowest BCUT2D eigenvalue weighted by Crippen LogP contribution is -2.30. The van der Waals surface area contributed by atoms with Gasteiger partial charge in [0.25, 0.3) is 0 Å². The van der Waals surface area contributed by atoms with E-state index in [9.17, 15) is 0 Å². The van der Waals surface area contributed by atoms with Crippen molar-refractivity contribution in [3.05, 3.63) is 39.1 Å². The van der Waals surface area contributed by atoms with E-state index in [0.717, 1.165) is 31.9 Å². The molecular formula is C12H14ClN3S. The number of imidazole rings is 1. The van der Waals surface area contributed by atoms with Crippen molar-refractivity contribution in [2.45, 2.75) is 19.5 Å². The largest absolute Gasteiger partial charge is 0.321 e. The molecule has 0 atom stereocenters. The summed E-state index contributed by atoms with van der Waals surface area (Å²) in [4.78, 5) is 8.31. The molecular weight excluding hydrogens is 254 g/mol. The van der Waals surface area contributed by atoms with Crippen LogP contribution in [0.5, 0.6) is 0 Å². The summed E-state index contributed by atoms with van der Waals surface area (Å²) in [6.45, 7) is 3.01. The molecule has 0 unspecified atom stereocenters. The molecule has 2 aromatic heterocycles. The molecule has 0 amide bonds. The van der Waals surface area contributed by atoms with Crippen molar-refractivity contribution in [1.29, 1.82) is 0 Å². The monoisotopic (exact) mass is 267 g/mol. The lowest BCUT2D eigenvalue weighted by molar-refractivity contribution is 0.239. The molecule has 90 valence electrons. The minimum Gasteiger partial charge on any atom is -0.321 e. The fourth-order valence-corrected chi connectivity index (χ4v) is 3.25. The number of hydrogen-bond donors (Lipinski definition) is 0. The first-order valence-electron chi connectivity index (χ1n) is 5.68. The van der Waals surface area contributed by atoms with Crippen molar-refractivity contribution in [3.8, 4) is 0 Å². The number of hydrogen-bond acceptors (Lipinski definition) is 3. The molecule has 2 aromatic rings. The fraction of sp³-hybridized carbons (Fsp3) is 0.417. The van der Waals surface area contributed by atoms with Crippen LogP contribution in [0.25, 0.3) is 0 Å². The van der Waals surface area contributed by atoms with Crippen molar-refractivity contribution in [3.63, 3.8) is 0 Å². The maximum Gasteiger partial charge on any atom is 0.128 e. The Labute approximate surface area is 110 Å². The lowest BCUT2D eigenvalue weighted by Gasteiger charge is -2.26. The van der Waals surface area contributed by atoms with E-state index in [1.54, 1.807) is 11.1 Å². The van der Waals surface area contributed by atoms with Gasteiger partial charge in [0, 0.05) is 25.0 Å². The molecule has 1 aliphatic rings. The van der Waals surface area contributed by atoms with Crippen LogP contribution in [0, 0.1) is 0 Å². The zero-order chi connectivity index (χ0) is 11.8. The van der Waals surface area contributed by atoms with Crippen LogP contribution in [0.1, 0.15) is 16.3 Å². The van der Waals surface area contributed by atoms with Crippen LogP contribution in [0.3, 0.4) is 0 Å². The molecule has 3 heterocycles. The Morgan fingerprint density at radius 3 is 3.18 bits per heavy atom. The van der Waals surface area contributed by atoms with Gasteiger partial charge in [-0.2, -0.15) is 0 Å². The standard InChI is InChI=1S/C12H14ClN3S/c1-15-11(13)6-14-12(15)8-16-4-2-10-9(7-16)3-5-17-10/h3,5-6H,2,4,7-8H2,1H3. The van der Waals surface area contributed by atoms with E-state index in [2.05, 4.69) is 21.3 Å². The van der Waals surface area contributed by atoms with E-state index < -0.39 is 0 Å². The average Bonchev–Trinajstić information content (AvgIpc) is 2.90. The molecule has 17 heavy (non-hydrogen) atoms. The van der Waals surface area contributed by atoms with Gasteiger partial charge < -0.3 is 4.57 Å². The molecule has 5 heteroatoms. The van der Waals surface area contributed by atoms with Gasteiger partial charge in [-0.05, 0) is 23.4 Å². The van der Waals surface area contributed by atoms with Crippen LogP contribution < -0.4 is 0 Å². The Balaban J connectivity index is 1.74. The van der Waals surface area contributed by atoms with E-state index >= 15 is 0 Å². The second kappa shape index (κ2) is 4.44. The van der Waals surface area contributed by atoms with Crippen LogP contribution in [-0.2, 0) is 26.6 Å². The Morgan fingerprint density at radius 1 is 1.53 bits per heavy atom. The smallest absolute Gasteiger partial charge is 0.128 e. The van der Waals surface area contributed by atoms with E-state index in [1.165, 1.54) is 5.56 Å². The first-order valence-corrected chi connectivity index (χ1v) is 6.93. The van der Waals surface area contributed by atoms with Gasteiger partial charge in [0.15, 0.2) is 0 Å². The Kier molecular flexibility index (Phi) is 2.94. The molecule has 0 spiro atoms. The molecule has 0 radical (unpaired) electrons. The highest BCUT2D eigenvalue weighted by atomic mass is 35.5. The van der Waals surface area contributed by atoms with Crippen molar-refractivity contribution in [2.24, 2.45) is 7.05 Å². The van der Waals surface area contributed by atoms with E-state index in [0.29, 0.717) is 5.15 Å². The number of fused-ring (bicyclic) bond motifs is 1. The summed E-state index contributed by atoms with van der Waals surface area (Å²) in [7, 11) is 1.96. The number of rotatable bonds is 2.